The molecule has 0 atom stereocenters. The minimum absolute atomic E-state index is 0.115. The van der Waals surface area contributed by atoms with Crippen molar-refractivity contribution in [2.75, 3.05) is 52.6 Å². The Kier molecular flexibility index (Phi) is 5.13. The van der Waals surface area contributed by atoms with Crippen molar-refractivity contribution >= 4 is 5.91 Å². The summed E-state index contributed by atoms with van der Waals surface area (Å²) in [5, 5.41) is 2.96. The average molecular weight is 306 g/mol. The van der Waals surface area contributed by atoms with Gasteiger partial charge in [0.15, 0.2) is 11.5 Å². The lowest BCUT2D eigenvalue weighted by molar-refractivity contribution is 0.0383. The molecule has 1 N–H and O–H groups in total. The molecule has 1 fully saturated rings. The first-order valence-corrected chi connectivity index (χ1v) is 7.81. The highest BCUT2D eigenvalue weighted by Gasteiger charge is 2.19. The van der Waals surface area contributed by atoms with E-state index in [4.69, 9.17) is 14.2 Å². The van der Waals surface area contributed by atoms with Gasteiger partial charge in [0.05, 0.1) is 32.0 Å². The minimum atomic E-state index is -0.115. The van der Waals surface area contributed by atoms with Gasteiger partial charge in [0.25, 0.3) is 5.91 Å². The molecular weight excluding hydrogens is 284 g/mol. The molecule has 0 bridgehead atoms. The van der Waals surface area contributed by atoms with Gasteiger partial charge < -0.3 is 19.5 Å². The standard InChI is InChI=1S/C16H22N2O4/c19-16(17-5-6-18-7-11-20-12-8-18)13-3-1-4-14-15(13)22-10-2-9-21-14/h1,3-4H,2,5-12H2,(H,17,19). The van der Waals surface area contributed by atoms with E-state index in [1.807, 2.05) is 12.1 Å². The van der Waals surface area contributed by atoms with Crippen LogP contribution in [0.5, 0.6) is 11.5 Å². The first kappa shape index (κ1) is 15.1. The Bertz CT molecular complexity index is 515. The summed E-state index contributed by atoms with van der Waals surface area (Å²) in [5.41, 5.74) is 0.543. The van der Waals surface area contributed by atoms with Gasteiger partial charge in [0.2, 0.25) is 0 Å². The summed E-state index contributed by atoms with van der Waals surface area (Å²) in [6.45, 7) is 6.03. The summed E-state index contributed by atoms with van der Waals surface area (Å²) in [6.07, 6.45) is 0.826. The van der Waals surface area contributed by atoms with Gasteiger partial charge in [-0.15, -0.1) is 0 Å². The monoisotopic (exact) mass is 306 g/mol. The van der Waals surface area contributed by atoms with Gasteiger partial charge in [-0.3, -0.25) is 9.69 Å². The number of carbonyl (C=O) groups is 1. The van der Waals surface area contributed by atoms with Crippen molar-refractivity contribution < 1.29 is 19.0 Å². The van der Waals surface area contributed by atoms with E-state index in [1.165, 1.54) is 0 Å². The van der Waals surface area contributed by atoms with Crippen LogP contribution in [0.15, 0.2) is 18.2 Å². The Morgan fingerprint density at radius 1 is 1.14 bits per heavy atom. The summed E-state index contributed by atoms with van der Waals surface area (Å²) in [4.78, 5) is 14.7. The van der Waals surface area contributed by atoms with Crippen LogP contribution < -0.4 is 14.8 Å². The molecule has 22 heavy (non-hydrogen) atoms. The van der Waals surface area contributed by atoms with Gasteiger partial charge in [0.1, 0.15) is 0 Å². The van der Waals surface area contributed by atoms with Crippen LogP contribution in [0, 0.1) is 0 Å². The van der Waals surface area contributed by atoms with Crippen molar-refractivity contribution in [1.82, 2.24) is 10.2 Å². The topological polar surface area (TPSA) is 60.0 Å². The average Bonchev–Trinajstić information content (AvgIpc) is 2.81. The maximum absolute atomic E-state index is 12.4. The Balaban J connectivity index is 1.57. The second-order valence-electron chi connectivity index (χ2n) is 5.39. The van der Waals surface area contributed by atoms with Crippen LogP contribution in [0.25, 0.3) is 0 Å². The van der Waals surface area contributed by atoms with Crippen LogP contribution in [0.3, 0.4) is 0 Å². The van der Waals surface area contributed by atoms with Crippen LogP contribution in [-0.2, 0) is 4.74 Å². The van der Waals surface area contributed by atoms with E-state index in [9.17, 15) is 4.79 Å². The molecule has 2 aliphatic heterocycles. The first-order chi connectivity index (χ1) is 10.8. The van der Waals surface area contributed by atoms with Crippen LogP contribution in [0.1, 0.15) is 16.8 Å². The lowest BCUT2D eigenvalue weighted by atomic mass is 10.1. The summed E-state index contributed by atoms with van der Waals surface area (Å²) in [6, 6.07) is 5.44. The van der Waals surface area contributed by atoms with E-state index >= 15 is 0 Å². The van der Waals surface area contributed by atoms with Gasteiger partial charge in [-0.1, -0.05) is 6.07 Å². The number of benzene rings is 1. The number of rotatable bonds is 4. The molecule has 6 heteroatoms. The van der Waals surface area contributed by atoms with E-state index in [2.05, 4.69) is 10.2 Å². The molecule has 3 rings (SSSR count). The SMILES string of the molecule is O=C(NCCN1CCOCC1)c1cccc2c1OCCCO2. The number of amides is 1. The molecule has 2 aliphatic rings. The van der Waals surface area contributed by atoms with Crippen molar-refractivity contribution in [2.45, 2.75) is 6.42 Å². The largest absolute Gasteiger partial charge is 0.490 e. The van der Waals surface area contributed by atoms with Crippen molar-refractivity contribution in [3.8, 4) is 11.5 Å². The van der Waals surface area contributed by atoms with E-state index in [0.29, 0.717) is 36.8 Å². The number of para-hydroxylation sites is 1. The predicted octanol–water partition coefficient (Wildman–Crippen LogP) is 0.910. The number of nitrogens with zero attached hydrogens (tertiary/aromatic N) is 1. The fourth-order valence-electron chi connectivity index (χ4n) is 2.62. The third-order valence-corrected chi connectivity index (χ3v) is 3.83. The number of carbonyl (C=O) groups excluding carboxylic acids is 1. The van der Waals surface area contributed by atoms with Gasteiger partial charge in [-0.25, -0.2) is 0 Å². The fraction of sp³-hybridized carbons (Fsp3) is 0.562. The Morgan fingerprint density at radius 3 is 2.82 bits per heavy atom. The van der Waals surface area contributed by atoms with Crippen molar-refractivity contribution in [1.29, 1.82) is 0 Å². The number of morpholine rings is 1. The fourth-order valence-corrected chi connectivity index (χ4v) is 2.62. The normalized spacial score (nSPS) is 18.5. The second-order valence-corrected chi connectivity index (χ2v) is 5.39. The number of hydrogen-bond acceptors (Lipinski definition) is 5. The molecule has 0 radical (unpaired) electrons. The number of hydrogen-bond donors (Lipinski definition) is 1. The van der Waals surface area contributed by atoms with Crippen LogP contribution in [0.4, 0.5) is 0 Å². The molecule has 0 saturated carbocycles. The summed E-state index contributed by atoms with van der Waals surface area (Å²) in [7, 11) is 0. The molecule has 0 unspecified atom stereocenters. The van der Waals surface area contributed by atoms with Gasteiger partial charge in [-0.2, -0.15) is 0 Å². The van der Waals surface area contributed by atoms with Crippen LogP contribution in [0.2, 0.25) is 0 Å². The molecule has 6 nitrogen and oxygen atoms in total. The zero-order valence-electron chi connectivity index (χ0n) is 12.7. The highest BCUT2D eigenvalue weighted by Crippen LogP contribution is 2.33. The molecule has 120 valence electrons. The maximum Gasteiger partial charge on any atom is 0.255 e. The molecule has 0 spiro atoms. The van der Waals surface area contributed by atoms with E-state index < -0.39 is 0 Å². The third-order valence-electron chi connectivity index (χ3n) is 3.83. The smallest absolute Gasteiger partial charge is 0.255 e. The molecule has 1 saturated heterocycles. The minimum Gasteiger partial charge on any atom is -0.490 e. The Morgan fingerprint density at radius 2 is 1.95 bits per heavy atom. The second kappa shape index (κ2) is 7.47. The molecule has 2 heterocycles. The number of fused-ring (bicyclic) bond motifs is 1. The van der Waals surface area contributed by atoms with Crippen molar-refractivity contribution in [3.05, 3.63) is 23.8 Å². The van der Waals surface area contributed by atoms with E-state index in [0.717, 1.165) is 39.3 Å². The van der Waals surface area contributed by atoms with Crippen molar-refractivity contribution in [3.63, 3.8) is 0 Å². The Labute approximate surface area is 130 Å². The lowest BCUT2D eigenvalue weighted by Crippen LogP contribution is -2.41. The first-order valence-electron chi connectivity index (χ1n) is 7.81. The quantitative estimate of drug-likeness (QED) is 0.896. The predicted molar refractivity (Wildman–Crippen MR) is 81.6 cm³/mol. The summed E-state index contributed by atoms with van der Waals surface area (Å²) < 4.78 is 16.6. The molecule has 1 amide bonds. The van der Waals surface area contributed by atoms with Gasteiger partial charge in [0, 0.05) is 32.6 Å². The molecule has 0 aliphatic carbocycles. The molecule has 0 aromatic heterocycles. The molecular formula is C16H22N2O4. The molecule has 1 aromatic rings. The lowest BCUT2D eigenvalue weighted by Gasteiger charge is -2.26. The highest BCUT2D eigenvalue weighted by molar-refractivity contribution is 5.97. The summed E-state index contributed by atoms with van der Waals surface area (Å²) in [5.74, 6) is 1.10. The van der Waals surface area contributed by atoms with Crippen LogP contribution >= 0.6 is 0 Å². The van der Waals surface area contributed by atoms with Crippen LogP contribution in [-0.4, -0.2) is 63.4 Å². The Hall–Kier alpha value is -1.79. The maximum atomic E-state index is 12.4. The highest BCUT2D eigenvalue weighted by atomic mass is 16.5. The number of nitrogens with one attached hydrogen (secondary N) is 1. The molecule has 1 aromatic carbocycles. The van der Waals surface area contributed by atoms with Crippen molar-refractivity contribution in [2.24, 2.45) is 0 Å². The zero-order valence-corrected chi connectivity index (χ0v) is 12.7. The number of ether oxygens (including phenoxy) is 3. The van der Waals surface area contributed by atoms with E-state index in [-0.39, 0.29) is 5.91 Å². The third kappa shape index (κ3) is 3.69. The van der Waals surface area contributed by atoms with Gasteiger partial charge in [-0.05, 0) is 12.1 Å². The zero-order chi connectivity index (χ0) is 15.2. The van der Waals surface area contributed by atoms with Gasteiger partial charge >= 0.3 is 0 Å². The van der Waals surface area contributed by atoms with E-state index in [1.54, 1.807) is 6.07 Å². The summed E-state index contributed by atoms with van der Waals surface area (Å²) >= 11 is 0.